The average Bonchev–Trinajstić information content (AvgIpc) is 2.48. The molecule has 1 aliphatic rings. The zero-order valence-electron chi connectivity index (χ0n) is 11.5. The second kappa shape index (κ2) is 4.29. The van der Waals surface area contributed by atoms with Crippen LogP contribution in [0, 0.1) is 0 Å². The van der Waals surface area contributed by atoms with Crippen molar-refractivity contribution in [3.63, 3.8) is 0 Å². The van der Waals surface area contributed by atoms with Crippen LogP contribution in [0.2, 0.25) is 0 Å². The molecule has 98 valence electrons. The predicted octanol–water partition coefficient (Wildman–Crippen LogP) is 0.829. The van der Waals surface area contributed by atoms with Crippen LogP contribution >= 0.6 is 0 Å². The van der Waals surface area contributed by atoms with Crippen molar-refractivity contribution in [2.45, 2.75) is 51.9 Å². The molecule has 1 saturated heterocycles. The zero-order chi connectivity index (χ0) is 13.6. The highest BCUT2D eigenvalue weighted by Gasteiger charge is 2.52. The number of rotatable bonds is 2. The normalized spacial score (nSPS) is 23.1. The van der Waals surface area contributed by atoms with E-state index >= 15 is 0 Å². The van der Waals surface area contributed by atoms with Gasteiger partial charge in [0.25, 0.3) is 0 Å². The minimum absolute atomic E-state index is 0.413. The van der Waals surface area contributed by atoms with Crippen molar-refractivity contribution in [3.05, 3.63) is 18.2 Å². The van der Waals surface area contributed by atoms with Crippen LogP contribution in [0.3, 0.4) is 0 Å². The van der Waals surface area contributed by atoms with Crippen molar-refractivity contribution in [1.29, 1.82) is 0 Å². The third-order valence-corrected chi connectivity index (χ3v) is 3.68. The summed E-state index contributed by atoms with van der Waals surface area (Å²) in [6.45, 7) is 9.60. The molecule has 6 heteroatoms. The maximum Gasteiger partial charge on any atom is 0.498 e. The topological polar surface area (TPSA) is 64.5 Å². The maximum absolute atomic E-state index is 9.72. The van der Waals surface area contributed by atoms with Gasteiger partial charge < -0.3 is 14.4 Å². The Morgan fingerprint density at radius 2 is 1.78 bits per heavy atom. The van der Waals surface area contributed by atoms with Gasteiger partial charge in [0.1, 0.15) is 6.33 Å². The Bertz CT molecular complexity index is 433. The van der Waals surface area contributed by atoms with Gasteiger partial charge >= 0.3 is 7.12 Å². The van der Waals surface area contributed by atoms with Gasteiger partial charge in [0, 0.05) is 11.7 Å². The van der Waals surface area contributed by atoms with Crippen LogP contribution in [-0.2, 0) is 9.31 Å². The zero-order valence-corrected chi connectivity index (χ0v) is 11.5. The summed E-state index contributed by atoms with van der Waals surface area (Å²) >= 11 is 0. The Morgan fingerprint density at radius 1 is 1.22 bits per heavy atom. The SMILES string of the molecule is CC(O)c1ncncc1B1OC(C)(C)C(C)(C)O1. The van der Waals surface area contributed by atoms with Crippen molar-refractivity contribution in [2.75, 3.05) is 0 Å². The molecule has 0 bridgehead atoms. The fourth-order valence-corrected chi connectivity index (χ4v) is 1.85. The van der Waals surface area contributed by atoms with Crippen LogP contribution < -0.4 is 5.46 Å². The molecule has 1 aliphatic heterocycles. The van der Waals surface area contributed by atoms with Crippen LogP contribution in [0.5, 0.6) is 0 Å². The van der Waals surface area contributed by atoms with Crippen molar-refractivity contribution in [3.8, 4) is 0 Å². The van der Waals surface area contributed by atoms with Gasteiger partial charge in [-0.1, -0.05) is 0 Å². The minimum atomic E-state index is -0.679. The molecule has 1 fully saturated rings. The van der Waals surface area contributed by atoms with E-state index in [9.17, 15) is 5.11 Å². The monoisotopic (exact) mass is 250 g/mol. The highest BCUT2D eigenvalue weighted by atomic mass is 16.7. The second-order valence-corrected chi connectivity index (χ2v) is 5.63. The molecule has 0 saturated carbocycles. The standard InChI is InChI=1S/C12H19BN2O3/c1-8(16)10-9(6-14-7-15-10)13-17-11(2,3)12(4,5)18-13/h6-8,16H,1-5H3. The van der Waals surface area contributed by atoms with Crippen LogP contribution in [0.15, 0.2) is 12.5 Å². The smallest absolute Gasteiger partial charge is 0.399 e. The van der Waals surface area contributed by atoms with E-state index in [0.717, 1.165) is 0 Å². The molecule has 18 heavy (non-hydrogen) atoms. The Hall–Kier alpha value is -0.975. The lowest BCUT2D eigenvalue weighted by atomic mass is 9.78. The Kier molecular flexibility index (Phi) is 3.21. The Labute approximate surface area is 108 Å². The van der Waals surface area contributed by atoms with Gasteiger partial charge in [0.2, 0.25) is 0 Å². The quantitative estimate of drug-likeness (QED) is 0.787. The summed E-state index contributed by atoms with van der Waals surface area (Å²) in [5, 5.41) is 9.72. The van der Waals surface area contributed by atoms with Crippen molar-refractivity contribution in [1.82, 2.24) is 9.97 Å². The van der Waals surface area contributed by atoms with E-state index in [1.807, 2.05) is 27.7 Å². The Morgan fingerprint density at radius 3 is 2.28 bits per heavy atom. The van der Waals surface area contributed by atoms with Crippen LogP contribution in [-0.4, -0.2) is 33.4 Å². The second-order valence-electron chi connectivity index (χ2n) is 5.63. The fraction of sp³-hybridized carbons (Fsp3) is 0.667. The number of aliphatic hydroxyl groups excluding tert-OH is 1. The molecule has 1 N–H and O–H groups in total. The van der Waals surface area contributed by atoms with Gasteiger partial charge in [-0.2, -0.15) is 0 Å². The van der Waals surface area contributed by atoms with Gasteiger partial charge in [-0.15, -0.1) is 0 Å². The Balaban J connectivity index is 2.35. The van der Waals surface area contributed by atoms with E-state index in [2.05, 4.69) is 9.97 Å². The molecule has 0 radical (unpaired) electrons. The molecule has 1 aromatic heterocycles. The molecule has 0 aliphatic carbocycles. The average molecular weight is 250 g/mol. The van der Waals surface area contributed by atoms with Gasteiger partial charge in [-0.3, -0.25) is 0 Å². The molecule has 0 aromatic carbocycles. The predicted molar refractivity (Wildman–Crippen MR) is 68.4 cm³/mol. The molecule has 1 aromatic rings. The number of nitrogens with zero attached hydrogens (tertiary/aromatic N) is 2. The first-order valence-corrected chi connectivity index (χ1v) is 6.08. The summed E-state index contributed by atoms with van der Waals surface area (Å²) in [6, 6.07) is 0. The molecule has 0 spiro atoms. The lowest BCUT2D eigenvalue weighted by Crippen LogP contribution is -2.41. The minimum Gasteiger partial charge on any atom is -0.399 e. The van der Waals surface area contributed by atoms with E-state index in [1.54, 1.807) is 13.1 Å². The highest BCUT2D eigenvalue weighted by molar-refractivity contribution is 6.62. The van der Waals surface area contributed by atoms with Crippen molar-refractivity contribution >= 4 is 12.6 Å². The molecule has 0 amide bonds. The van der Waals surface area contributed by atoms with Gasteiger partial charge in [0.15, 0.2) is 0 Å². The first-order chi connectivity index (χ1) is 8.24. The van der Waals surface area contributed by atoms with E-state index in [0.29, 0.717) is 11.2 Å². The molecular weight excluding hydrogens is 231 g/mol. The summed E-state index contributed by atoms with van der Waals surface area (Å²) in [5.74, 6) is 0. The first-order valence-electron chi connectivity index (χ1n) is 6.08. The fourth-order valence-electron chi connectivity index (χ4n) is 1.85. The summed E-state index contributed by atoms with van der Waals surface area (Å²) in [4.78, 5) is 8.08. The summed E-state index contributed by atoms with van der Waals surface area (Å²) in [6.07, 6.45) is 2.37. The third kappa shape index (κ3) is 2.16. The van der Waals surface area contributed by atoms with Crippen LogP contribution in [0.25, 0.3) is 0 Å². The van der Waals surface area contributed by atoms with Gasteiger partial charge in [-0.25, -0.2) is 9.97 Å². The number of aliphatic hydroxyl groups is 1. The molecule has 5 nitrogen and oxygen atoms in total. The lowest BCUT2D eigenvalue weighted by Gasteiger charge is -2.32. The third-order valence-electron chi connectivity index (χ3n) is 3.68. The van der Waals surface area contributed by atoms with Crippen molar-refractivity contribution < 1.29 is 14.4 Å². The maximum atomic E-state index is 9.72. The summed E-state index contributed by atoms with van der Waals surface area (Å²) < 4.78 is 11.9. The number of aromatic nitrogens is 2. The van der Waals surface area contributed by atoms with E-state index < -0.39 is 24.4 Å². The molecular formula is C12H19BN2O3. The highest BCUT2D eigenvalue weighted by Crippen LogP contribution is 2.36. The van der Waals surface area contributed by atoms with E-state index in [1.165, 1.54) is 6.33 Å². The lowest BCUT2D eigenvalue weighted by molar-refractivity contribution is 0.00578. The first kappa shape index (κ1) is 13.5. The van der Waals surface area contributed by atoms with Crippen molar-refractivity contribution in [2.24, 2.45) is 0 Å². The molecule has 2 heterocycles. The molecule has 2 rings (SSSR count). The van der Waals surface area contributed by atoms with Crippen LogP contribution in [0.4, 0.5) is 0 Å². The molecule has 1 unspecified atom stereocenters. The van der Waals surface area contributed by atoms with E-state index in [-0.39, 0.29) is 0 Å². The van der Waals surface area contributed by atoms with Gasteiger partial charge in [0.05, 0.1) is 23.0 Å². The van der Waals surface area contributed by atoms with Gasteiger partial charge in [-0.05, 0) is 34.6 Å². The van der Waals surface area contributed by atoms with E-state index in [4.69, 9.17) is 9.31 Å². The van der Waals surface area contributed by atoms with Crippen LogP contribution in [0.1, 0.15) is 46.4 Å². The number of hydrogen-bond acceptors (Lipinski definition) is 5. The molecule has 1 atom stereocenters. The largest absolute Gasteiger partial charge is 0.498 e. The number of hydrogen-bond donors (Lipinski definition) is 1. The summed E-state index contributed by atoms with van der Waals surface area (Å²) in [5.41, 5.74) is 0.405. The summed E-state index contributed by atoms with van der Waals surface area (Å²) in [7, 11) is -0.541.